The van der Waals surface area contributed by atoms with Crippen LogP contribution in [0.4, 0.5) is 20.2 Å². The fraction of sp³-hybridized carbons (Fsp3) is 0.0400. The van der Waals surface area contributed by atoms with Gasteiger partial charge >= 0.3 is 0 Å². The summed E-state index contributed by atoms with van der Waals surface area (Å²) in [6, 6.07) is 29.5. The van der Waals surface area contributed by atoms with Gasteiger partial charge in [-0.2, -0.15) is 0 Å². The summed E-state index contributed by atoms with van der Waals surface area (Å²) in [5.74, 6) is -0.780. The van der Waals surface area contributed by atoms with Crippen molar-refractivity contribution in [1.29, 1.82) is 0 Å². The van der Waals surface area contributed by atoms with Crippen LogP contribution in [-0.4, -0.2) is 7.05 Å². The Morgan fingerprint density at radius 2 is 1.07 bits per heavy atom. The van der Waals surface area contributed by atoms with Gasteiger partial charge in [-0.15, -0.1) is 0 Å². The predicted molar refractivity (Wildman–Crippen MR) is 112 cm³/mol. The third kappa shape index (κ3) is 3.52. The number of hydrogen-bond donors (Lipinski definition) is 0. The number of para-hydroxylation sites is 1. The summed E-state index contributed by atoms with van der Waals surface area (Å²) in [4.78, 5) is 1.52. The van der Waals surface area contributed by atoms with E-state index in [9.17, 15) is 8.78 Å². The zero-order valence-electron chi connectivity index (χ0n) is 15.4. The van der Waals surface area contributed by atoms with E-state index in [-0.39, 0.29) is 5.82 Å². The maximum atomic E-state index is 14.9. The third-order valence-corrected chi connectivity index (χ3v) is 4.83. The lowest BCUT2D eigenvalue weighted by atomic mass is 9.99. The van der Waals surface area contributed by atoms with Gasteiger partial charge in [0, 0.05) is 7.05 Å². The molecule has 0 aliphatic rings. The van der Waals surface area contributed by atoms with E-state index in [0.717, 1.165) is 22.3 Å². The minimum absolute atomic E-state index is 0.327. The molecule has 0 radical (unpaired) electrons. The van der Waals surface area contributed by atoms with Gasteiger partial charge in [0.25, 0.3) is 0 Å². The van der Waals surface area contributed by atoms with E-state index in [0.29, 0.717) is 11.4 Å². The topological polar surface area (TPSA) is 3.24 Å². The van der Waals surface area contributed by atoms with Crippen molar-refractivity contribution in [2.24, 2.45) is 0 Å². The number of hydrogen-bond acceptors (Lipinski definition) is 1. The molecule has 0 aromatic heterocycles. The lowest BCUT2D eigenvalue weighted by Gasteiger charge is -2.21. The molecule has 0 spiro atoms. The van der Waals surface area contributed by atoms with Crippen molar-refractivity contribution in [3.8, 4) is 22.3 Å². The molecule has 0 unspecified atom stereocenters. The van der Waals surface area contributed by atoms with Gasteiger partial charge in [0.1, 0.15) is 11.6 Å². The average molecular weight is 371 g/mol. The molecule has 4 rings (SSSR count). The van der Waals surface area contributed by atoms with Gasteiger partial charge in [0.15, 0.2) is 0 Å². The van der Waals surface area contributed by atoms with E-state index in [2.05, 4.69) is 0 Å². The molecule has 0 aliphatic carbocycles. The van der Waals surface area contributed by atoms with Gasteiger partial charge < -0.3 is 4.90 Å². The molecular weight excluding hydrogens is 352 g/mol. The molecule has 0 N–H and O–H groups in total. The molecule has 0 saturated heterocycles. The van der Waals surface area contributed by atoms with Crippen LogP contribution in [0.15, 0.2) is 97.1 Å². The predicted octanol–water partition coefficient (Wildman–Crippen LogP) is 7.07. The second kappa shape index (κ2) is 7.65. The highest BCUT2D eigenvalue weighted by atomic mass is 19.1. The molecular formula is C25H19F2N. The first-order chi connectivity index (χ1) is 13.6. The number of halogens is 2. The normalized spacial score (nSPS) is 10.7. The van der Waals surface area contributed by atoms with Crippen LogP contribution < -0.4 is 4.90 Å². The Hall–Kier alpha value is -3.46. The molecule has 3 heteroatoms. The summed E-state index contributed by atoms with van der Waals surface area (Å²) in [6.45, 7) is 0. The molecule has 0 saturated carbocycles. The first kappa shape index (κ1) is 17.9. The third-order valence-electron chi connectivity index (χ3n) is 4.83. The highest BCUT2D eigenvalue weighted by Crippen LogP contribution is 2.32. The van der Waals surface area contributed by atoms with Crippen molar-refractivity contribution in [2.45, 2.75) is 0 Å². The van der Waals surface area contributed by atoms with Crippen LogP contribution in [0.3, 0.4) is 0 Å². The molecule has 28 heavy (non-hydrogen) atoms. The van der Waals surface area contributed by atoms with Gasteiger partial charge in [0.05, 0.1) is 11.4 Å². The Labute approximate surface area is 163 Å². The number of benzene rings is 4. The first-order valence-corrected chi connectivity index (χ1v) is 9.07. The van der Waals surface area contributed by atoms with Gasteiger partial charge in [-0.25, -0.2) is 8.78 Å². The maximum absolute atomic E-state index is 14.9. The molecule has 1 nitrogen and oxygen atoms in total. The Morgan fingerprint density at radius 3 is 1.79 bits per heavy atom. The van der Waals surface area contributed by atoms with Crippen molar-refractivity contribution in [2.75, 3.05) is 11.9 Å². The van der Waals surface area contributed by atoms with Crippen molar-refractivity contribution in [3.05, 3.63) is 109 Å². The first-order valence-electron chi connectivity index (χ1n) is 9.07. The monoisotopic (exact) mass is 371 g/mol. The minimum atomic E-state index is -0.395. The second-order valence-corrected chi connectivity index (χ2v) is 6.62. The fourth-order valence-corrected chi connectivity index (χ4v) is 3.32. The second-order valence-electron chi connectivity index (χ2n) is 6.62. The van der Waals surface area contributed by atoms with Gasteiger partial charge in [-0.1, -0.05) is 66.7 Å². The molecule has 0 aliphatic heterocycles. The lowest BCUT2D eigenvalue weighted by Crippen LogP contribution is -2.12. The van der Waals surface area contributed by atoms with Gasteiger partial charge in [-0.05, 0) is 52.6 Å². The summed E-state index contributed by atoms with van der Waals surface area (Å²) in [5.41, 5.74) is 4.56. The Bertz CT molecular complexity index is 1110. The summed E-state index contributed by atoms with van der Waals surface area (Å²) < 4.78 is 28.9. The van der Waals surface area contributed by atoms with Crippen LogP contribution >= 0.6 is 0 Å². The Morgan fingerprint density at radius 1 is 0.500 bits per heavy atom. The maximum Gasteiger partial charge on any atom is 0.147 e. The smallest absolute Gasteiger partial charge is 0.147 e. The van der Waals surface area contributed by atoms with E-state index >= 15 is 0 Å². The Kier molecular flexibility index (Phi) is 4.90. The standard InChI is InChI=1S/C25H19F2N/c1-28(24-13-6-5-12-22(24)26)25-15-14-21(17-23(25)27)20-11-7-10-19(16-20)18-8-3-2-4-9-18/h2-17H,1H3. The zero-order chi connectivity index (χ0) is 19.5. The quantitative estimate of drug-likeness (QED) is 0.371. The summed E-state index contributed by atoms with van der Waals surface area (Å²) in [5, 5.41) is 0. The Balaban J connectivity index is 1.68. The van der Waals surface area contributed by atoms with Crippen LogP contribution in [0.25, 0.3) is 22.3 Å². The average Bonchev–Trinajstić information content (AvgIpc) is 2.74. The fourth-order valence-electron chi connectivity index (χ4n) is 3.32. The van der Waals surface area contributed by atoms with Crippen LogP contribution in [0.2, 0.25) is 0 Å². The summed E-state index contributed by atoms with van der Waals surface area (Å²) >= 11 is 0. The van der Waals surface area contributed by atoms with Crippen LogP contribution in [-0.2, 0) is 0 Å². The van der Waals surface area contributed by atoms with E-state index in [1.807, 2.05) is 60.7 Å². The van der Waals surface area contributed by atoms with E-state index < -0.39 is 5.82 Å². The lowest BCUT2D eigenvalue weighted by molar-refractivity contribution is 0.617. The molecule has 0 amide bonds. The largest absolute Gasteiger partial charge is 0.340 e. The van der Waals surface area contributed by atoms with Crippen molar-refractivity contribution < 1.29 is 8.78 Å². The highest BCUT2D eigenvalue weighted by Gasteiger charge is 2.14. The van der Waals surface area contributed by atoms with Crippen LogP contribution in [0.1, 0.15) is 0 Å². The van der Waals surface area contributed by atoms with Crippen LogP contribution in [0, 0.1) is 11.6 Å². The van der Waals surface area contributed by atoms with Crippen molar-refractivity contribution in [1.82, 2.24) is 0 Å². The van der Waals surface area contributed by atoms with Gasteiger partial charge in [0.2, 0.25) is 0 Å². The highest BCUT2D eigenvalue weighted by molar-refractivity contribution is 5.75. The molecule has 4 aromatic rings. The van der Waals surface area contributed by atoms with E-state index in [1.165, 1.54) is 17.0 Å². The number of nitrogens with zero attached hydrogens (tertiary/aromatic N) is 1. The van der Waals surface area contributed by atoms with Crippen molar-refractivity contribution in [3.63, 3.8) is 0 Å². The zero-order valence-corrected chi connectivity index (χ0v) is 15.4. The van der Waals surface area contributed by atoms with E-state index in [1.54, 1.807) is 31.3 Å². The molecule has 0 bridgehead atoms. The number of anilines is 2. The SMILES string of the molecule is CN(c1ccccc1F)c1ccc(-c2cccc(-c3ccccc3)c2)cc1F. The molecule has 0 atom stereocenters. The molecule has 138 valence electrons. The number of rotatable bonds is 4. The van der Waals surface area contributed by atoms with E-state index in [4.69, 9.17) is 0 Å². The van der Waals surface area contributed by atoms with Crippen molar-refractivity contribution >= 4 is 11.4 Å². The summed E-state index contributed by atoms with van der Waals surface area (Å²) in [7, 11) is 1.66. The molecule has 4 aromatic carbocycles. The molecule has 0 heterocycles. The molecule has 0 fully saturated rings. The van der Waals surface area contributed by atoms with Crippen LogP contribution in [0.5, 0.6) is 0 Å². The summed E-state index contributed by atoms with van der Waals surface area (Å²) in [6.07, 6.45) is 0. The minimum Gasteiger partial charge on any atom is -0.340 e. The van der Waals surface area contributed by atoms with Gasteiger partial charge in [-0.3, -0.25) is 0 Å².